The van der Waals surface area contributed by atoms with Crippen molar-refractivity contribution in [3.8, 4) is 67.2 Å². The molecule has 0 atom stereocenters. The number of rotatable bonds is 6. The van der Waals surface area contributed by atoms with Crippen molar-refractivity contribution in [2.75, 3.05) is 0 Å². The van der Waals surface area contributed by atoms with Crippen LogP contribution in [0.2, 0.25) is 0 Å². The maximum atomic E-state index is 4.95. The van der Waals surface area contributed by atoms with Crippen LogP contribution in [0.3, 0.4) is 0 Å². The van der Waals surface area contributed by atoms with Gasteiger partial charge in [0.2, 0.25) is 0 Å². The smallest absolute Gasteiger partial charge is 0.0796 e. The summed E-state index contributed by atoms with van der Waals surface area (Å²) in [6.45, 7) is 0. The van der Waals surface area contributed by atoms with Crippen LogP contribution in [-0.4, -0.2) is 77.7 Å². The van der Waals surface area contributed by atoms with Crippen molar-refractivity contribution >= 4 is 29.1 Å². The van der Waals surface area contributed by atoms with E-state index >= 15 is 0 Å². The van der Waals surface area contributed by atoms with Crippen LogP contribution in [-0.2, 0) is 13.0 Å². The van der Waals surface area contributed by atoms with E-state index in [0.29, 0.717) is 0 Å². The normalized spacial score (nSPS) is 9.33. The predicted molar refractivity (Wildman–Crippen MR) is 251 cm³/mol. The van der Waals surface area contributed by atoms with Crippen molar-refractivity contribution in [1.82, 2.24) is 44.9 Å². The van der Waals surface area contributed by atoms with Crippen molar-refractivity contribution in [2.45, 2.75) is 0 Å². The van der Waals surface area contributed by atoms with Crippen molar-refractivity contribution in [2.24, 2.45) is 0 Å². The quantitative estimate of drug-likeness (QED) is 0.159. The molecule has 0 bridgehead atoms. The Labute approximate surface area is 386 Å². The monoisotopic (exact) mass is 1010 g/mol. The van der Waals surface area contributed by atoms with Crippen LogP contribution in [0.1, 0.15) is 0 Å². The zero-order valence-corrected chi connectivity index (χ0v) is 37.6. The molecule has 0 saturated heterocycles. The fourth-order valence-electron chi connectivity index (χ4n) is 5.68. The van der Waals surface area contributed by atoms with Gasteiger partial charge in [-0.1, -0.05) is 36.4 Å². The first-order valence-electron chi connectivity index (χ1n) is 17.5. The Morgan fingerprint density at radius 2 is 0.453 bits per heavy atom. The van der Waals surface area contributed by atoms with Gasteiger partial charge in [-0.3, -0.25) is 44.9 Å². The topological polar surface area (TPSA) is 305 Å². The van der Waals surface area contributed by atoms with E-state index in [1.165, 1.54) is 0 Å². The Balaban J connectivity index is 0.000000853. The molecule has 335 valence electrons. The zero-order valence-electron chi connectivity index (χ0n) is 33.6. The summed E-state index contributed by atoms with van der Waals surface area (Å²) in [5, 5.41) is 0. The number of aromatic nitrogens is 9. The van der Waals surface area contributed by atoms with Crippen molar-refractivity contribution in [1.29, 1.82) is 0 Å². The first-order valence-corrected chi connectivity index (χ1v) is 24.2. The third kappa shape index (κ3) is 17.1. The minimum atomic E-state index is -1.75. The Kier molecular flexibility index (Phi) is 28.3. The molecule has 0 aliphatic heterocycles. The fourth-order valence-corrected chi connectivity index (χ4v) is 5.68. The van der Waals surface area contributed by atoms with Gasteiger partial charge >= 0.3 is 42.1 Å². The average Bonchev–Trinajstić information content (AvgIpc) is 3.31. The summed E-state index contributed by atoms with van der Waals surface area (Å²) in [5.74, 6) is 0. The molecule has 64 heavy (non-hydrogen) atoms. The number of pyridine rings is 9. The van der Waals surface area contributed by atoms with Crippen LogP contribution in [0.5, 0.6) is 0 Å². The molecule has 19 heteroatoms. The second kappa shape index (κ2) is 31.4. The Bertz CT molecular complexity index is 2120. The van der Waals surface area contributed by atoms with Crippen LogP contribution < -0.4 is 0 Å². The number of hydrogen-bond acceptors (Lipinski definition) is 9. The van der Waals surface area contributed by atoms with Gasteiger partial charge in [-0.15, -0.1) is 0 Å². The van der Waals surface area contributed by atoms with Crippen LogP contribution in [0.25, 0.3) is 67.2 Å². The molecule has 9 heterocycles. The van der Waals surface area contributed by atoms with Gasteiger partial charge in [-0.05, 0) is 72.8 Å². The van der Waals surface area contributed by atoms with Gasteiger partial charge in [0.15, 0.2) is 0 Å². The van der Waals surface area contributed by atoms with Crippen molar-refractivity contribution < 1.29 is 45.8 Å². The molecule has 0 amide bonds. The molecule has 0 aromatic carbocycles. The molecule has 9 rings (SSSR count). The van der Waals surface area contributed by atoms with Crippen LogP contribution >= 0.6 is 29.1 Å². The summed E-state index contributed by atoms with van der Waals surface area (Å²) in [7, 11) is 14.8. The minimum Gasteiger partial charge on any atom is -0.264 e. The standard InChI is InChI=1S/3C15H11N3.3ClH.6H2O.Ru/c3*1-4-12(10-16-7-1)14-6-3-9-18-15(14)13-5-2-8-17-11-13;;;;;;;;;;/h3*1-11H;3*1H;6*1H2;/q;;;;;;;;;;;;+3/p-3. The van der Waals surface area contributed by atoms with Crippen LogP contribution in [0, 0.1) is 0 Å². The maximum Gasteiger partial charge on any atom is 0.0796 e. The summed E-state index contributed by atoms with van der Waals surface area (Å²) >= 11 is -1.75. The molecule has 0 spiro atoms. The fraction of sp³-hybridized carbons (Fsp3) is 0. The van der Waals surface area contributed by atoms with Gasteiger partial charge in [-0.2, -0.15) is 0 Å². The van der Waals surface area contributed by atoms with Gasteiger partial charge < -0.3 is 32.9 Å². The largest absolute Gasteiger partial charge is 0.264 e. The Morgan fingerprint density at radius 3 is 0.641 bits per heavy atom. The summed E-state index contributed by atoms with van der Waals surface area (Å²) in [6, 6.07) is 35.6. The third-order valence-corrected chi connectivity index (χ3v) is 8.15. The van der Waals surface area contributed by atoms with Crippen molar-refractivity contribution in [3.63, 3.8) is 0 Å². The molecular formula is C45H45Cl3N9O6Ru. The summed E-state index contributed by atoms with van der Waals surface area (Å²) in [6.07, 6.45) is 27.0. The van der Waals surface area contributed by atoms with E-state index in [4.69, 9.17) is 29.1 Å². The summed E-state index contributed by atoms with van der Waals surface area (Å²) < 4.78 is 0. The third-order valence-electron chi connectivity index (χ3n) is 8.15. The number of hydrogen-bond donors (Lipinski definition) is 0. The predicted octanol–water partition coefficient (Wildman–Crippen LogP) is 6.73. The first-order chi connectivity index (χ1) is 28.6. The van der Waals surface area contributed by atoms with E-state index in [1.807, 2.05) is 146 Å². The second-order valence-corrected chi connectivity index (χ2v) is 19.7. The van der Waals surface area contributed by atoms with E-state index in [2.05, 4.69) is 44.9 Å². The van der Waals surface area contributed by atoms with Gasteiger partial charge in [0.05, 0.1) is 17.1 Å². The molecule has 9 aromatic heterocycles. The zero-order chi connectivity index (χ0) is 40.2. The molecular weight excluding hydrogens is 970 g/mol. The summed E-state index contributed by atoms with van der Waals surface area (Å²) in [5.41, 5.74) is 12.2. The van der Waals surface area contributed by atoms with Gasteiger partial charge in [0, 0.05) is 143 Å². The molecule has 9 aromatic rings. The van der Waals surface area contributed by atoms with Gasteiger partial charge in [0.25, 0.3) is 0 Å². The summed E-state index contributed by atoms with van der Waals surface area (Å²) in [4.78, 5) is 38.3. The van der Waals surface area contributed by atoms with Crippen molar-refractivity contribution in [3.05, 3.63) is 202 Å². The molecule has 0 unspecified atom stereocenters. The molecule has 12 N–H and O–H groups in total. The Morgan fingerprint density at radius 1 is 0.266 bits per heavy atom. The SMILES string of the molecule is O.O.O.O.O.O.[Cl][Ru]([Cl])[Cl].c1cncc(-c2cccnc2-c2cccnc2)c1.c1cncc(-c2cccnc2-c2cccnc2)c1.c1cncc(-c2cccnc2-c2cccnc2)c1. The van der Waals surface area contributed by atoms with E-state index in [-0.39, 0.29) is 32.9 Å². The van der Waals surface area contributed by atoms with E-state index in [9.17, 15) is 0 Å². The van der Waals surface area contributed by atoms with Gasteiger partial charge in [0.1, 0.15) is 0 Å². The van der Waals surface area contributed by atoms with E-state index in [0.717, 1.165) is 67.2 Å². The molecule has 0 saturated carbocycles. The number of nitrogens with zero attached hydrogens (tertiary/aromatic N) is 9. The number of halogens is 3. The molecule has 0 aliphatic rings. The van der Waals surface area contributed by atoms with Crippen LogP contribution in [0.4, 0.5) is 0 Å². The Hall–Kier alpha value is -6.40. The van der Waals surface area contributed by atoms with Gasteiger partial charge in [-0.25, -0.2) is 0 Å². The maximum absolute atomic E-state index is 4.95. The molecule has 0 radical (unpaired) electrons. The molecule has 0 aliphatic carbocycles. The first kappa shape index (κ1) is 57.6. The molecule has 0 fully saturated rings. The van der Waals surface area contributed by atoms with E-state index in [1.54, 1.807) is 55.8 Å². The molecule has 15 nitrogen and oxygen atoms in total. The average molecular weight is 1020 g/mol. The van der Waals surface area contributed by atoms with E-state index < -0.39 is 13.0 Å². The minimum absolute atomic E-state index is 0. The van der Waals surface area contributed by atoms with Crippen LogP contribution in [0.15, 0.2) is 202 Å². The second-order valence-electron chi connectivity index (χ2n) is 11.8.